The first-order chi connectivity index (χ1) is 11.0. The number of ether oxygens (including phenoxy) is 1. The molecule has 1 aliphatic heterocycles. The van der Waals surface area contributed by atoms with Crippen LogP contribution in [-0.2, 0) is 9.84 Å². The molecule has 2 unspecified atom stereocenters. The molecule has 0 saturated carbocycles. The highest BCUT2D eigenvalue weighted by molar-refractivity contribution is 14.0. The van der Waals surface area contributed by atoms with E-state index in [9.17, 15) is 8.42 Å². The van der Waals surface area contributed by atoms with Gasteiger partial charge in [-0.3, -0.25) is 0 Å². The number of hydrogen-bond acceptors (Lipinski definition) is 4. The van der Waals surface area contributed by atoms with E-state index in [1.807, 2.05) is 44.2 Å². The second-order valence-electron chi connectivity index (χ2n) is 5.71. The van der Waals surface area contributed by atoms with E-state index in [1.54, 1.807) is 0 Å². The minimum absolute atomic E-state index is 0. The van der Waals surface area contributed by atoms with E-state index in [0.717, 1.165) is 12.3 Å². The van der Waals surface area contributed by atoms with E-state index in [4.69, 9.17) is 4.74 Å². The first-order valence-corrected chi connectivity index (χ1v) is 9.77. The fourth-order valence-electron chi connectivity index (χ4n) is 2.41. The van der Waals surface area contributed by atoms with Crippen LogP contribution in [0.3, 0.4) is 0 Å². The number of nitrogens with zero attached hydrogens (tertiary/aromatic N) is 1. The molecule has 0 aromatic heterocycles. The number of rotatable bonds is 6. The van der Waals surface area contributed by atoms with E-state index in [-0.39, 0.29) is 47.6 Å². The molecule has 1 aliphatic rings. The zero-order chi connectivity index (χ0) is 16.7. The Morgan fingerprint density at radius 1 is 1.38 bits per heavy atom. The van der Waals surface area contributed by atoms with Crippen molar-refractivity contribution < 1.29 is 13.2 Å². The second kappa shape index (κ2) is 10.1. The van der Waals surface area contributed by atoms with Crippen LogP contribution in [0.2, 0.25) is 0 Å². The zero-order valence-electron chi connectivity index (χ0n) is 14.1. The summed E-state index contributed by atoms with van der Waals surface area (Å²) in [6.45, 7) is 5.15. The van der Waals surface area contributed by atoms with E-state index in [2.05, 4.69) is 15.6 Å². The molecule has 0 radical (unpaired) electrons. The van der Waals surface area contributed by atoms with Crippen LogP contribution in [-0.4, -0.2) is 51.1 Å². The van der Waals surface area contributed by atoms with Crippen LogP contribution in [0.15, 0.2) is 35.3 Å². The third-order valence-corrected chi connectivity index (χ3v) is 5.27. The Morgan fingerprint density at radius 2 is 2.08 bits per heavy atom. The van der Waals surface area contributed by atoms with Crippen LogP contribution in [0.5, 0.6) is 5.75 Å². The third-order valence-electron chi connectivity index (χ3n) is 3.50. The highest BCUT2D eigenvalue weighted by Crippen LogP contribution is 2.12. The lowest BCUT2D eigenvalue weighted by atomic mass is 10.3. The van der Waals surface area contributed by atoms with E-state index < -0.39 is 9.84 Å². The summed E-state index contributed by atoms with van der Waals surface area (Å²) in [5.41, 5.74) is 0. The van der Waals surface area contributed by atoms with Gasteiger partial charge in [-0.1, -0.05) is 18.2 Å². The Kier molecular flexibility index (Phi) is 8.82. The number of sulfone groups is 1. The fourth-order valence-corrected chi connectivity index (χ4v) is 4.08. The monoisotopic (exact) mass is 467 g/mol. The third kappa shape index (κ3) is 7.25. The van der Waals surface area contributed by atoms with Crippen molar-refractivity contribution in [1.82, 2.24) is 10.6 Å². The number of halogens is 1. The van der Waals surface area contributed by atoms with Gasteiger partial charge < -0.3 is 15.4 Å². The van der Waals surface area contributed by atoms with Crippen LogP contribution in [0.4, 0.5) is 0 Å². The summed E-state index contributed by atoms with van der Waals surface area (Å²) in [4.78, 5) is 4.50. The van der Waals surface area contributed by atoms with Gasteiger partial charge in [0.25, 0.3) is 0 Å². The number of guanidine groups is 1. The maximum absolute atomic E-state index is 11.5. The van der Waals surface area contributed by atoms with Gasteiger partial charge in [-0.05, 0) is 32.4 Å². The molecule has 0 amide bonds. The van der Waals surface area contributed by atoms with Crippen molar-refractivity contribution in [2.75, 3.05) is 24.6 Å². The molecule has 1 saturated heterocycles. The SMILES string of the molecule is CCNC(=NCC(C)Oc1ccccc1)NC1CCS(=O)(=O)C1.I. The molecule has 1 heterocycles. The van der Waals surface area contributed by atoms with Crippen molar-refractivity contribution in [2.45, 2.75) is 32.4 Å². The number of nitrogens with one attached hydrogen (secondary N) is 2. The average molecular weight is 467 g/mol. The zero-order valence-corrected chi connectivity index (χ0v) is 17.2. The van der Waals surface area contributed by atoms with E-state index in [0.29, 0.717) is 18.9 Å². The average Bonchev–Trinajstić information content (AvgIpc) is 2.85. The molecule has 2 atom stereocenters. The van der Waals surface area contributed by atoms with Crippen LogP contribution in [0, 0.1) is 0 Å². The Morgan fingerprint density at radius 3 is 2.67 bits per heavy atom. The lowest BCUT2D eigenvalue weighted by molar-refractivity contribution is 0.230. The van der Waals surface area contributed by atoms with Gasteiger partial charge in [0.15, 0.2) is 15.8 Å². The molecule has 1 aromatic rings. The molecule has 2 rings (SSSR count). The molecule has 2 N–H and O–H groups in total. The lowest BCUT2D eigenvalue weighted by Crippen LogP contribution is -2.44. The highest BCUT2D eigenvalue weighted by atomic mass is 127. The van der Waals surface area contributed by atoms with Gasteiger partial charge in [0.2, 0.25) is 0 Å². The minimum Gasteiger partial charge on any atom is -0.489 e. The summed E-state index contributed by atoms with van der Waals surface area (Å²) < 4.78 is 28.8. The predicted octanol–water partition coefficient (Wildman–Crippen LogP) is 1.81. The summed E-state index contributed by atoms with van der Waals surface area (Å²) in [7, 11) is -2.90. The smallest absolute Gasteiger partial charge is 0.191 e. The summed E-state index contributed by atoms with van der Waals surface area (Å²) in [5, 5.41) is 6.34. The topological polar surface area (TPSA) is 79.8 Å². The van der Waals surface area contributed by atoms with Crippen LogP contribution in [0.1, 0.15) is 20.3 Å². The molecular formula is C16H26IN3O3S. The van der Waals surface area contributed by atoms with E-state index in [1.165, 1.54) is 0 Å². The van der Waals surface area contributed by atoms with Crippen molar-refractivity contribution in [2.24, 2.45) is 4.99 Å². The Labute approximate surface area is 161 Å². The Hall–Kier alpha value is -1.03. The van der Waals surface area contributed by atoms with Crippen molar-refractivity contribution in [1.29, 1.82) is 0 Å². The normalized spacial score (nSPS) is 20.8. The second-order valence-corrected chi connectivity index (χ2v) is 7.93. The lowest BCUT2D eigenvalue weighted by Gasteiger charge is -2.17. The number of aliphatic imine (C=N–C) groups is 1. The van der Waals surface area contributed by atoms with Crippen molar-refractivity contribution in [3.63, 3.8) is 0 Å². The summed E-state index contributed by atoms with van der Waals surface area (Å²) in [6, 6.07) is 9.55. The van der Waals surface area contributed by atoms with Gasteiger partial charge in [0, 0.05) is 12.6 Å². The van der Waals surface area contributed by atoms with Crippen molar-refractivity contribution in [3.8, 4) is 5.75 Å². The minimum atomic E-state index is -2.90. The molecule has 0 bridgehead atoms. The van der Waals surface area contributed by atoms with Gasteiger partial charge in [-0.25, -0.2) is 13.4 Å². The van der Waals surface area contributed by atoms with Crippen LogP contribution >= 0.6 is 24.0 Å². The first-order valence-electron chi connectivity index (χ1n) is 7.95. The van der Waals surface area contributed by atoms with Gasteiger partial charge in [-0.15, -0.1) is 24.0 Å². The van der Waals surface area contributed by atoms with Gasteiger partial charge >= 0.3 is 0 Å². The number of para-hydroxylation sites is 1. The maximum Gasteiger partial charge on any atom is 0.191 e. The molecule has 6 nitrogen and oxygen atoms in total. The molecule has 1 aromatic carbocycles. The van der Waals surface area contributed by atoms with Gasteiger partial charge in [0.1, 0.15) is 11.9 Å². The summed E-state index contributed by atoms with van der Waals surface area (Å²) in [5.74, 6) is 1.87. The molecule has 0 spiro atoms. The van der Waals surface area contributed by atoms with Crippen LogP contribution in [0.25, 0.3) is 0 Å². The summed E-state index contributed by atoms with van der Waals surface area (Å²) >= 11 is 0. The Bertz CT molecular complexity index is 623. The predicted molar refractivity (Wildman–Crippen MR) is 108 cm³/mol. The number of hydrogen-bond donors (Lipinski definition) is 2. The van der Waals surface area contributed by atoms with Crippen molar-refractivity contribution >= 4 is 39.8 Å². The van der Waals surface area contributed by atoms with E-state index >= 15 is 0 Å². The molecule has 1 fully saturated rings. The fraction of sp³-hybridized carbons (Fsp3) is 0.562. The molecule has 24 heavy (non-hydrogen) atoms. The standard InChI is InChI=1S/C16H25N3O3S.HI/c1-3-17-16(19-14-9-10-23(20,21)12-14)18-11-13(2)22-15-7-5-4-6-8-15;/h4-8,13-14H,3,9-12H2,1-2H3,(H2,17,18,19);1H. The molecule has 8 heteroatoms. The molecular weight excluding hydrogens is 441 g/mol. The van der Waals surface area contributed by atoms with Crippen LogP contribution < -0.4 is 15.4 Å². The molecule has 136 valence electrons. The first kappa shape index (κ1) is 21.0. The highest BCUT2D eigenvalue weighted by Gasteiger charge is 2.28. The molecule has 0 aliphatic carbocycles. The van der Waals surface area contributed by atoms with Gasteiger partial charge in [0.05, 0.1) is 18.1 Å². The van der Waals surface area contributed by atoms with Crippen molar-refractivity contribution in [3.05, 3.63) is 30.3 Å². The quantitative estimate of drug-likeness (QED) is 0.379. The summed E-state index contributed by atoms with van der Waals surface area (Å²) in [6.07, 6.45) is 0.559. The maximum atomic E-state index is 11.5. The largest absolute Gasteiger partial charge is 0.489 e. The number of benzene rings is 1. The van der Waals surface area contributed by atoms with Gasteiger partial charge in [-0.2, -0.15) is 0 Å². The Balaban J connectivity index is 0.00000288.